The van der Waals surface area contributed by atoms with E-state index < -0.39 is 11.6 Å². The molecule has 0 spiro atoms. The van der Waals surface area contributed by atoms with E-state index in [9.17, 15) is 8.78 Å². The van der Waals surface area contributed by atoms with Gasteiger partial charge in [0, 0.05) is 6.07 Å². The Morgan fingerprint density at radius 3 is 2.53 bits per heavy atom. The molecule has 2 rings (SSSR count). The fourth-order valence-corrected chi connectivity index (χ4v) is 1.30. The number of furan rings is 1. The third-order valence-electron chi connectivity index (χ3n) is 2.01. The maximum absolute atomic E-state index is 13.3. The molecule has 0 aliphatic rings. The molecule has 0 radical (unpaired) electrons. The van der Waals surface area contributed by atoms with Gasteiger partial charge in [-0.05, 0) is 24.3 Å². The van der Waals surface area contributed by atoms with E-state index in [0.717, 1.165) is 12.1 Å². The van der Waals surface area contributed by atoms with E-state index in [-0.39, 0.29) is 17.9 Å². The monoisotopic (exact) mass is 210 g/mol. The molecule has 1 aromatic carbocycles. The fraction of sp³-hybridized carbons (Fsp3) is 0.0909. The predicted molar refractivity (Wildman–Crippen MR) is 50.0 cm³/mol. The average molecular weight is 210 g/mol. The minimum absolute atomic E-state index is 0.177. The van der Waals surface area contributed by atoms with Crippen LogP contribution in [0.5, 0.6) is 0 Å². The molecule has 0 unspecified atom stereocenters. The summed E-state index contributed by atoms with van der Waals surface area (Å²) in [4.78, 5) is 0. The van der Waals surface area contributed by atoms with Gasteiger partial charge in [-0.1, -0.05) is 0 Å². The highest BCUT2D eigenvalue weighted by molar-refractivity contribution is 5.58. The molecule has 15 heavy (non-hydrogen) atoms. The van der Waals surface area contributed by atoms with Crippen LogP contribution in [-0.4, -0.2) is 5.11 Å². The molecule has 78 valence electrons. The molecule has 0 saturated carbocycles. The Bertz CT molecular complexity index is 477. The van der Waals surface area contributed by atoms with Gasteiger partial charge in [0.05, 0.1) is 5.56 Å². The summed E-state index contributed by atoms with van der Waals surface area (Å²) in [5.41, 5.74) is 0.177. The minimum atomic E-state index is -0.686. The van der Waals surface area contributed by atoms with Crippen molar-refractivity contribution >= 4 is 0 Å². The number of rotatable bonds is 2. The van der Waals surface area contributed by atoms with Gasteiger partial charge in [-0.2, -0.15) is 0 Å². The van der Waals surface area contributed by atoms with Crippen LogP contribution in [-0.2, 0) is 6.61 Å². The molecule has 1 aromatic heterocycles. The molecule has 1 N–H and O–H groups in total. The Hall–Kier alpha value is -1.68. The topological polar surface area (TPSA) is 33.4 Å². The SMILES string of the molecule is OCc1ccc(-c2ccc(F)cc2F)o1. The first-order valence-electron chi connectivity index (χ1n) is 4.35. The van der Waals surface area contributed by atoms with Crippen LogP contribution in [0.15, 0.2) is 34.7 Å². The number of hydrogen-bond acceptors (Lipinski definition) is 2. The summed E-state index contributed by atoms with van der Waals surface area (Å²) < 4.78 is 31.0. The van der Waals surface area contributed by atoms with Crippen molar-refractivity contribution in [3.63, 3.8) is 0 Å². The lowest BCUT2D eigenvalue weighted by molar-refractivity contribution is 0.248. The highest BCUT2D eigenvalue weighted by Crippen LogP contribution is 2.25. The van der Waals surface area contributed by atoms with Crippen molar-refractivity contribution in [1.29, 1.82) is 0 Å². The fourth-order valence-electron chi connectivity index (χ4n) is 1.30. The van der Waals surface area contributed by atoms with E-state index in [1.54, 1.807) is 0 Å². The first-order chi connectivity index (χ1) is 7.20. The van der Waals surface area contributed by atoms with Crippen molar-refractivity contribution in [3.8, 4) is 11.3 Å². The molecule has 0 saturated heterocycles. The van der Waals surface area contributed by atoms with Gasteiger partial charge >= 0.3 is 0 Å². The van der Waals surface area contributed by atoms with Gasteiger partial charge in [-0.25, -0.2) is 8.78 Å². The summed E-state index contributed by atoms with van der Waals surface area (Å²) in [7, 11) is 0. The maximum atomic E-state index is 13.3. The van der Waals surface area contributed by atoms with Crippen LogP contribution in [0.1, 0.15) is 5.76 Å². The Labute approximate surface area is 84.8 Å². The van der Waals surface area contributed by atoms with Gasteiger partial charge in [-0.15, -0.1) is 0 Å². The second kappa shape index (κ2) is 3.82. The molecule has 0 aliphatic carbocycles. The van der Waals surface area contributed by atoms with Crippen LogP contribution < -0.4 is 0 Å². The second-order valence-electron chi connectivity index (χ2n) is 3.05. The summed E-state index contributed by atoms with van der Waals surface area (Å²) in [5, 5.41) is 8.76. The lowest BCUT2D eigenvalue weighted by atomic mass is 10.1. The van der Waals surface area contributed by atoms with Crippen LogP contribution in [0.2, 0.25) is 0 Å². The highest BCUT2D eigenvalue weighted by Gasteiger charge is 2.10. The van der Waals surface area contributed by atoms with Crippen LogP contribution in [0.4, 0.5) is 8.78 Å². The molecule has 0 aliphatic heterocycles. The van der Waals surface area contributed by atoms with Crippen molar-refractivity contribution in [2.75, 3.05) is 0 Å². The zero-order valence-corrected chi connectivity index (χ0v) is 7.71. The largest absolute Gasteiger partial charge is 0.459 e. The summed E-state index contributed by atoms with van der Waals surface area (Å²) in [6.07, 6.45) is 0. The summed E-state index contributed by atoms with van der Waals surface area (Å²) >= 11 is 0. The van der Waals surface area contributed by atoms with E-state index in [4.69, 9.17) is 9.52 Å². The van der Waals surface area contributed by atoms with Crippen molar-refractivity contribution in [2.45, 2.75) is 6.61 Å². The lowest BCUT2D eigenvalue weighted by Gasteiger charge is -1.99. The number of aliphatic hydroxyl groups is 1. The van der Waals surface area contributed by atoms with E-state index in [0.29, 0.717) is 5.76 Å². The maximum Gasteiger partial charge on any atom is 0.137 e. The zero-order chi connectivity index (χ0) is 10.8. The second-order valence-corrected chi connectivity index (χ2v) is 3.05. The van der Waals surface area contributed by atoms with Gasteiger partial charge in [0.1, 0.15) is 29.8 Å². The van der Waals surface area contributed by atoms with E-state index in [1.165, 1.54) is 18.2 Å². The molecule has 0 amide bonds. The van der Waals surface area contributed by atoms with Crippen LogP contribution >= 0.6 is 0 Å². The number of halogens is 2. The quantitative estimate of drug-likeness (QED) is 0.826. The molecule has 2 nitrogen and oxygen atoms in total. The highest BCUT2D eigenvalue weighted by atomic mass is 19.1. The predicted octanol–water partition coefficient (Wildman–Crippen LogP) is 2.72. The molecule has 1 heterocycles. The summed E-state index contributed by atoms with van der Waals surface area (Å²) in [6.45, 7) is -0.247. The van der Waals surface area contributed by atoms with Gasteiger partial charge in [0.25, 0.3) is 0 Å². The van der Waals surface area contributed by atoms with E-state index >= 15 is 0 Å². The molecular formula is C11H8F2O2. The number of aliphatic hydroxyl groups excluding tert-OH is 1. The first-order valence-corrected chi connectivity index (χ1v) is 4.35. The van der Waals surface area contributed by atoms with Crippen LogP contribution in [0.3, 0.4) is 0 Å². The van der Waals surface area contributed by atoms with Crippen molar-refractivity contribution in [1.82, 2.24) is 0 Å². The molecular weight excluding hydrogens is 202 g/mol. The molecule has 0 bridgehead atoms. The average Bonchev–Trinajstić information content (AvgIpc) is 2.66. The Morgan fingerprint density at radius 2 is 1.93 bits per heavy atom. The summed E-state index contributed by atoms with van der Waals surface area (Å²) in [5.74, 6) is -0.704. The third kappa shape index (κ3) is 1.89. The van der Waals surface area contributed by atoms with Gasteiger partial charge in [0.15, 0.2) is 0 Å². The Kier molecular flexibility index (Phi) is 2.51. The summed E-state index contributed by atoms with van der Waals surface area (Å²) in [6, 6.07) is 6.31. The number of hydrogen-bond donors (Lipinski definition) is 1. The van der Waals surface area contributed by atoms with Crippen molar-refractivity contribution in [3.05, 3.63) is 47.7 Å². The Morgan fingerprint density at radius 1 is 1.13 bits per heavy atom. The van der Waals surface area contributed by atoms with Gasteiger partial charge in [0.2, 0.25) is 0 Å². The molecule has 0 fully saturated rings. The number of benzene rings is 1. The molecule has 0 atom stereocenters. The smallest absolute Gasteiger partial charge is 0.137 e. The van der Waals surface area contributed by atoms with E-state index in [1.807, 2.05) is 0 Å². The zero-order valence-electron chi connectivity index (χ0n) is 7.71. The van der Waals surface area contributed by atoms with Gasteiger partial charge in [-0.3, -0.25) is 0 Å². The third-order valence-corrected chi connectivity index (χ3v) is 2.01. The molecule has 4 heteroatoms. The van der Waals surface area contributed by atoms with Crippen molar-refractivity contribution < 1.29 is 18.3 Å². The lowest BCUT2D eigenvalue weighted by Crippen LogP contribution is -1.84. The van der Waals surface area contributed by atoms with Gasteiger partial charge < -0.3 is 9.52 Å². The van der Waals surface area contributed by atoms with E-state index in [2.05, 4.69) is 0 Å². The Balaban J connectivity index is 2.44. The van der Waals surface area contributed by atoms with Crippen LogP contribution in [0.25, 0.3) is 11.3 Å². The first kappa shape index (κ1) is 9.86. The van der Waals surface area contributed by atoms with Crippen LogP contribution in [0, 0.1) is 11.6 Å². The minimum Gasteiger partial charge on any atom is -0.459 e. The molecule has 2 aromatic rings. The van der Waals surface area contributed by atoms with Crippen molar-refractivity contribution in [2.24, 2.45) is 0 Å². The normalized spacial score (nSPS) is 10.6. The standard InChI is InChI=1S/C11H8F2O2/c12-7-1-3-9(10(13)5-7)11-4-2-8(6-14)15-11/h1-5,14H,6H2.